The van der Waals surface area contributed by atoms with Gasteiger partial charge in [-0.25, -0.2) is 4.98 Å². The molecule has 0 saturated heterocycles. The molecule has 1 N–H and O–H groups in total. The van der Waals surface area contributed by atoms with Gasteiger partial charge in [-0.15, -0.1) is 0 Å². The number of rotatable bonds is 7. The highest BCUT2D eigenvalue weighted by Gasteiger charge is 2.16. The fourth-order valence-corrected chi connectivity index (χ4v) is 4.43. The Morgan fingerprint density at radius 1 is 1.24 bits per heavy atom. The monoisotopic (exact) mass is 449 g/mol. The van der Waals surface area contributed by atoms with E-state index >= 15 is 0 Å². The number of thioether (sulfide) groups is 1. The summed E-state index contributed by atoms with van der Waals surface area (Å²) in [6.07, 6.45) is 0.797. The number of fused-ring (bicyclic) bond motifs is 1. The molecule has 5 nitrogen and oxygen atoms in total. The van der Waals surface area contributed by atoms with Gasteiger partial charge in [-0.05, 0) is 43.2 Å². The summed E-state index contributed by atoms with van der Waals surface area (Å²) in [5, 5.41) is 5.11. The fraction of sp³-hybridized carbons (Fsp3) is 0.286. The van der Waals surface area contributed by atoms with Crippen LogP contribution < -0.4 is 10.9 Å². The average Bonchev–Trinajstić information content (AvgIpc) is 2.68. The van der Waals surface area contributed by atoms with Crippen molar-refractivity contribution in [1.29, 1.82) is 0 Å². The Morgan fingerprint density at radius 2 is 2.00 bits per heavy atom. The minimum absolute atomic E-state index is 0.0818. The standard InChI is InChI=1S/C21H21Cl2N3O2S/c1-3-10-26-20(28)16-6-4-5-7-18(16)25-21(26)29-12-19(27)24-13(2)15-9-8-14(22)11-17(15)23/h4-9,11,13H,3,10,12H2,1-2H3,(H,24,27)/t13-/m1/s1. The molecule has 0 aliphatic carbocycles. The Hall–Kier alpha value is -2.02. The third-order valence-electron chi connectivity index (χ3n) is 4.41. The van der Waals surface area contributed by atoms with E-state index < -0.39 is 0 Å². The average molecular weight is 450 g/mol. The van der Waals surface area contributed by atoms with Gasteiger partial charge in [0.25, 0.3) is 5.56 Å². The minimum atomic E-state index is -0.268. The maximum atomic E-state index is 12.8. The predicted octanol–water partition coefficient (Wildman–Crippen LogP) is 5.08. The van der Waals surface area contributed by atoms with Gasteiger partial charge in [-0.3, -0.25) is 14.2 Å². The van der Waals surface area contributed by atoms with Gasteiger partial charge >= 0.3 is 0 Å². The number of halogens is 2. The normalized spacial score (nSPS) is 12.1. The lowest BCUT2D eigenvalue weighted by atomic mass is 10.1. The Morgan fingerprint density at radius 3 is 2.72 bits per heavy atom. The quantitative estimate of drug-likeness (QED) is 0.403. The van der Waals surface area contributed by atoms with Gasteiger partial charge in [0, 0.05) is 16.6 Å². The molecule has 1 atom stereocenters. The van der Waals surface area contributed by atoms with Crippen LogP contribution in [-0.4, -0.2) is 21.2 Å². The highest BCUT2D eigenvalue weighted by Crippen LogP contribution is 2.26. The summed E-state index contributed by atoms with van der Waals surface area (Å²) in [4.78, 5) is 29.9. The molecule has 0 unspecified atom stereocenters. The summed E-state index contributed by atoms with van der Waals surface area (Å²) in [6, 6.07) is 12.2. The van der Waals surface area contributed by atoms with Gasteiger partial charge in [-0.1, -0.05) is 60.1 Å². The number of aromatic nitrogens is 2. The Labute approximate surface area is 183 Å². The van der Waals surface area contributed by atoms with Gasteiger partial charge in [0.05, 0.1) is 22.7 Å². The second kappa shape index (κ2) is 9.65. The molecule has 0 saturated carbocycles. The lowest BCUT2D eigenvalue weighted by Crippen LogP contribution is -2.29. The first-order chi connectivity index (χ1) is 13.9. The number of carbonyl (C=O) groups excluding carboxylic acids is 1. The van der Waals surface area contributed by atoms with Gasteiger partial charge in [-0.2, -0.15) is 0 Å². The zero-order valence-corrected chi connectivity index (χ0v) is 18.4. The van der Waals surface area contributed by atoms with Crippen molar-refractivity contribution in [3.8, 4) is 0 Å². The first-order valence-electron chi connectivity index (χ1n) is 9.27. The molecular formula is C21H21Cl2N3O2S. The number of nitrogens with zero attached hydrogens (tertiary/aromatic N) is 2. The molecule has 29 heavy (non-hydrogen) atoms. The third-order valence-corrected chi connectivity index (χ3v) is 5.95. The maximum absolute atomic E-state index is 12.8. The van der Waals surface area contributed by atoms with Crippen LogP contribution in [0, 0.1) is 0 Å². The van der Waals surface area contributed by atoms with Crippen molar-refractivity contribution in [2.75, 3.05) is 5.75 Å². The van der Waals surface area contributed by atoms with Crippen LogP contribution in [0.4, 0.5) is 0 Å². The van der Waals surface area contributed by atoms with E-state index in [1.807, 2.05) is 32.0 Å². The molecule has 1 aromatic heterocycles. The first kappa shape index (κ1) is 21.7. The number of nitrogens with one attached hydrogen (secondary N) is 1. The maximum Gasteiger partial charge on any atom is 0.262 e. The summed E-state index contributed by atoms with van der Waals surface area (Å²) in [6.45, 7) is 4.41. The SMILES string of the molecule is CCCn1c(SCC(=O)N[C@H](C)c2ccc(Cl)cc2Cl)nc2ccccc2c1=O. The number of benzene rings is 2. The van der Waals surface area contributed by atoms with Crippen LogP contribution in [0.5, 0.6) is 0 Å². The topological polar surface area (TPSA) is 64.0 Å². The molecule has 2 aromatic carbocycles. The van der Waals surface area contributed by atoms with Crippen LogP contribution in [0.2, 0.25) is 10.0 Å². The van der Waals surface area contributed by atoms with Crippen LogP contribution >= 0.6 is 35.0 Å². The van der Waals surface area contributed by atoms with Crippen LogP contribution in [0.1, 0.15) is 31.9 Å². The van der Waals surface area contributed by atoms with E-state index in [-0.39, 0.29) is 23.3 Å². The van der Waals surface area contributed by atoms with Crippen molar-refractivity contribution in [3.63, 3.8) is 0 Å². The van der Waals surface area contributed by atoms with Gasteiger partial charge < -0.3 is 5.32 Å². The molecule has 1 heterocycles. The van der Waals surface area contributed by atoms with E-state index in [1.165, 1.54) is 11.8 Å². The van der Waals surface area contributed by atoms with Crippen molar-refractivity contribution in [1.82, 2.24) is 14.9 Å². The second-order valence-corrected chi connectivity index (χ2v) is 8.40. The zero-order valence-electron chi connectivity index (χ0n) is 16.1. The Balaban J connectivity index is 1.75. The van der Waals surface area contributed by atoms with Gasteiger partial charge in [0.1, 0.15) is 0 Å². The van der Waals surface area contributed by atoms with Crippen molar-refractivity contribution in [2.24, 2.45) is 0 Å². The fourth-order valence-electron chi connectivity index (χ4n) is 3.02. The molecule has 0 aliphatic rings. The second-order valence-electron chi connectivity index (χ2n) is 6.61. The Kier molecular flexibility index (Phi) is 7.22. The van der Waals surface area contributed by atoms with E-state index in [1.54, 1.807) is 28.8 Å². The van der Waals surface area contributed by atoms with E-state index in [2.05, 4.69) is 10.3 Å². The van der Waals surface area contributed by atoms with E-state index in [0.29, 0.717) is 32.6 Å². The van der Waals surface area contributed by atoms with Crippen molar-refractivity contribution < 1.29 is 4.79 Å². The lowest BCUT2D eigenvalue weighted by Gasteiger charge is -2.16. The van der Waals surface area contributed by atoms with Crippen LogP contribution in [-0.2, 0) is 11.3 Å². The van der Waals surface area contributed by atoms with Gasteiger partial charge in [0.15, 0.2) is 5.16 Å². The smallest absolute Gasteiger partial charge is 0.262 e. The predicted molar refractivity (Wildman–Crippen MR) is 120 cm³/mol. The first-order valence-corrected chi connectivity index (χ1v) is 11.0. The summed E-state index contributed by atoms with van der Waals surface area (Å²) >= 11 is 13.4. The molecule has 0 fully saturated rings. The van der Waals surface area contributed by atoms with Crippen molar-refractivity contribution in [3.05, 3.63) is 68.4 Å². The molecule has 3 aromatic rings. The minimum Gasteiger partial charge on any atom is -0.349 e. The molecule has 3 rings (SSSR count). The van der Waals surface area contributed by atoms with Crippen LogP contribution in [0.3, 0.4) is 0 Å². The van der Waals surface area contributed by atoms with E-state index in [4.69, 9.17) is 23.2 Å². The van der Waals surface area contributed by atoms with Crippen LogP contribution in [0.25, 0.3) is 10.9 Å². The molecule has 0 bridgehead atoms. The molecule has 0 aliphatic heterocycles. The molecule has 0 radical (unpaired) electrons. The molecule has 0 spiro atoms. The summed E-state index contributed by atoms with van der Waals surface area (Å²) < 4.78 is 1.64. The number of amides is 1. The van der Waals surface area contributed by atoms with Crippen molar-refractivity contribution >= 4 is 51.8 Å². The molecule has 1 amide bonds. The van der Waals surface area contributed by atoms with Crippen LogP contribution in [0.15, 0.2) is 52.4 Å². The molecular weight excluding hydrogens is 429 g/mol. The highest BCUT2D eigenvalue weighted by molar-refractivity contribution is 7.99. The van der Waals surface area contributed by atoms with E-state index in [9.17, 15) is 9.59 Å². The molecule has 8 heteroatoms. The lowest BCUT2D eigenvalue weighted by molar-refractivity contribution is -0.119. The number of hydrogen-bond donors (Lipinski definition) is 1. The van der Waals surface area contributed by atoms with E-state index in [0.717, 1.165) is 12.0 Å². The number of hydrogen-bond acceptors (Lipinski definition) is 4. The number of para-hydroxylation sites is 1. The highest BCUT2D eigenvalue weighted by atomic mass is 35.5. The third kappa shape index (κ3) is 5.13. The van der Waals surface area contributed by atoms with Crippen molar-refractivity contribution in [2.45, 2.75) is 38.0 Å². The summed E-state index contributed by atoms with van der Waals surface area (Å²) in [7, 11) is 0. The zero-order chi connectivity index (χ0) is 21.0. The summed E-state index contributed by atoms with van der Waals surface area (Å²) in [5.74, 6) is -0.0247. The summed E-state index contributed by atoms with van der Waals surface area (Å²) in [5.41, 5.74) is 1.34. The molecule has 152 valence electrons. The largest absolute Gasteiger partial charge is 0.349 e. The number of carbonyl (C=O) groups is 1. The van der Waals surface area contributed by atoms with Gasteiger partial charge in [0.2, 0.25) is 5.91 Å². The Bertz CT molecular complexity index is 1100.